The molecule has 14 heteroatoms. The quantitative estimate of drug-likeness (QED) is 0.129. The van der Waals surface area contributed by atoms with Gasteiger partial charge in [0, 0.05) is 61.2 Å². The number of ether oxygens (including phenoxy) is 3. The number of nitrogens with zero attached hydrogens (tertiary/aromatic N) is 2. The number of nitrogens with one attached hydrogen (secondary N) is 2. The fourth-order valence-corrected chi connectivity index (χ4v) is 6.39. The van der Waals surface area contributed by atoms with Gasteiger partial charge in [0.1, 0.15) is 23.1 Å². The monoisotopic (exact) mass is 748 g/mol. The minimum atomic E-state index is -0.955. The molecule has 0 aliphatic carbocycles. The number of halogens is 1. The van der Waals surface area contributed by atoms with Crippen LogP contribution in [0.5, 0.6) is 11.5 Å². The van der Waals surface area contributed by atoms with Gasteiger partial charge in [0.2, 0.25) is 11.8 Å². The summed E-state index contributed by atoms with van der Waals surface area (Å²) in [4.78, 5) is 68.6. The average molecular weight is 749 g/mol. The Balaban J connectivity index is 1.54. The van der Waals surface area contributed by atoms with Crippen LogP contribution in [0.25, 0.3) is 0 Å². The Morgan fingerprint density at radius 1 is 1.06 bits per heavy atom. The summed E-state index contributed by atoms with van der Waals surface area (Å²) in [5.74, 6) is -2.82. The molecule has 0 radical (unpaired) electrons. The number of likely N-dealkylation sites (tertiary alicyclic amines) is 1. The van der Waals surface area contributed by atoms with E-state index in [9.17, 15) is 28.4 Å². The first kappa shape index (κ1) is 41.2. The molecule has 0 bridgehead atoms. The molecule has 1 fully saturated rings. The Hall–Kier alpha value is -5.53. The minimum absolute atomic E-state index is 0.0194. The SMILES string of the molecule is CCOC(=O)/C=C/[C@H](C[C@@H]1CCN(Cc2ccc(OC)cc2OC)C1=O)NC(=O)[C@@H](CC(=O)[C@@H](NC(=O)c1cc(C)on1)C(C)C)Cc1ccc(F)cc1. The number of esters is 1. The number of carbonyl (C=O) groups is 5. The van der Waals surface area contributed by atoms with Crippen molar-refractivity contribution in [1.82, 2.24) is 20.7 Å². The molecule has 3 amide bonds. The fourth-order valence-electron chi connectivity index (χ4n) is 6.39. The standard InChI is InChI=1S/C40H49FN4O9/c1-7-53-36(47)15-13-31(20-27-16-17-45(40(27)50)23-28-10-14-32(51-5)22-35(28)52-6)42-38(48)29(19-26-8-11-30(41)12-9-26)21-34(46)37(24(2)3)43-39(49)33-18-25(4)54-44-33/h8-15,18,22,24,27,29,31,37H,7,16-17,19-21,23H2,1-6H3,(H,42,48)(H,43,49)/b15-13+/t27-,29+,31+,37-/m0/s1. The van der Waals surface area contributed by atoms with Crippen LogP contribution in [-0.4, -0.2) is 79.0 Å². The summed E-state index contributed by atoms with van der Waals surface area (Å²) in [6.45, 7) is 7.79. The van der Waals surface area contributed by atoms with E-state index in [4.69, 9.17) is 18.7 Å². The number of Topliss-reactive ketones (excluding diaryl/α,β-unsaturated/α-hetero) is 1. The molecule has 0 unspecified atom stereocenters. The molecule has 290 valence electrons. The van der Waals surface area contributed by atoms with E-state index in [2.05, 4.69) is 15.8 Å². The maximum absolute atomic E-state index is 14.1. The second-order valence-electron chi connectivity index (χ2n) is 13.6. The van der Waals surface area contributed by atoms with Crippen molar-refractivity contribution in [3.8, 4) is 11.5 Å². The molecule has 2 heterocycles. The first-order valence-electron chi connectivity index (χ1n) is 18.0. The molecule has 4 rings (SSSR count). The van der Waals surface area contributed by atoms with E-state index in [0.29, 0.717) is 42.3 Å². The molecule has 3 aromatic rings. The summed E-state index contributed by atoms with van der Waals surface area (Å²) >= 11 is 0. The molecular formula is C40H49FN4O9. The number of hydrogen-bond acceptors (Lipinski definition) is 10. The normalized spacial score (nSPS) is 15.9. The van der Waals surface area contributed by atoms with E-state index in [-0.39, 0.29) is 43.4 Å². The molecule has 4 atom stereocenters. The third-order valence-corrected chi connectivity index (χ3v) is 9.26. The fraction of sp³-hybridized carbons (Fsp3) is 0.450. The number of amides is 3. The van der Waals surface area contributed by atoms with E-state index in [1.165, 1.54) is 42.5 Å². The Morgan fingerprint density at radius 2 is 1.80 bits per heavy atom. The first-order chi connectivity index (χ1) is 25.8. The highest BCUT2D eigenvalue weighted by molar-refractivity contribution is 5.97. The van der Waals surface area contributed by atoms with Gasteiger partial charge in [-0.1, -0.05) is 37.2 Å². The van der Waals surface area contributed by atoms with Crippen LogP contribution in [-0.2, 0) is 36.9 Å². The highest BCUT2D eigenvalue weighted by Crippen LogP contribution is 2.30. The second-order valence-corrected chi connectivity index (χ2v) is 13.6. The second kappa shape index (κ2) is 19.5. The van der Waals surface area contributed by atoms with Gasteiger partial charge in [-0.3, -0.25) is 19.2 Å². The van der Waals surface area contributed by atoms with Gasteiger partial charge >= 0.3 is 5.97 Å². The molecule has 2 N–H and O–H groups in total. The first-order valence-corrected chi connectivity index (χ1v) is 18.0. The summed E-state index contributed by atoms with van der Waals surface area (Å²) in [6, 6.07) is 10.7. The lowest BCUT2D eigenvalue weighted by Gasteiger charge is -2.25. The Bertz CT molecular complexity index is 1810. The molecule has 0 saturated carbocycles. The topological polar surface area (TPSA) is 166 Å². The lowest BCUT2D eigenvalue weighted by Crippen LogP contribution is -2.47. The van der Waals surface area contributed by atoms with Crippen LogP contribution in [0.2, 0.25) is 0 Å². The van der Waals surface area contributed by atoms with Crippen molar-refractivity contribution in [1.29, 1.82) is 0 Å². The number of carbonyl (C=O) groups excluding carboxylic acids is 5. The van der Waals surface area contributed by atoms with E-state index in [0.717, 1.165) is 5.56 Å². The largest absolute Gasteiger partial charge is 0.497 e. The zero-order valence-corrected chi connectivity index (χ0v) is 31.6. The highest BCUT2D eigenvalue weighted by Gasteiger charge is 2.35. The zero-order chi connectivity index (χ0) is 39.4. The van der Waals surface area contributed by atoms with Crippen molar-refractivity contribution in [2.45, 2.75) is 72.0 Å². The van der Waals surface area contributed by atoms with Gasteiger partial charge in [-0.25, -0.2) is 9.18 Å². The number of ketones is 1. The van der Waals surface area contributed by atoms with Gasteiger partial charge in [0.05, 0.1) is 26.9 Å². The smallest absolute Gasteiger partial charge is 0.330 e. The van der Waals surface area contributed by atoms with Crippen molar-refractivity contribution < 1.29 is 47.1 Å². The van der Waals surface area contributed by atoms with Gasteiger partial charge in [-0.15, -0.1) is 0 Å². The summed E-state index contributed by atoms with van der Waals surface area (Å²) in [5.41, 5.74) is 1.44. The highest BCUT2D eigenvalue weighted by atomic mass is 19.1. The third kappa shape index (κ3) is 11.5. The summed E-state index contributed by atoms with van der Waals surface area (Å²) in [5, 5.41) is 9.41. The number of aromatic nitrogens is 1. The van der Waals surface area contributed by atoms with Gasteiger partial charge < -0.3 is 34.3 Å². The maximum Gasteiger partial charge on any atom is 0.330 e. The summed E-state index contributed by atoms with van der Waals surface area (Å²) in [6.07, 6.45) is 3.20. The summed E-state index contributed by atoms with van der Waals surface area (Å²) in [7, 11) is 3.10. The van der Waals surface area contributed by atoms with E-state index < -0.39 is 53.3 Å². The summed E-state index contributed by atoms with van der Waals surface area (Å²) < 4.78 is 34.7. The van der Waals surface area contributed by atoms with E-state index >= 15 is 0 Å². The van der Waals surface area contributed by atoms with Gasteiger partial charge in [-0.05, 0) is 68.9 Å². The van der Waals surface area contributed by atoms with Crippen molar-refractivity contribution in [2.24, 2.45) is 17.8 Å². The Morgan fingerprint density at radius 3 is 2.43 bits per heavy atom. The molecule has 0 spiro atoms. The third-order valence-electron chi connectivity index (χ3n) is 9.26. The van der Waals surface area contributed by atoms with Crippen molar-refractivity contribution in [3.05, 3.63) is 89.1 Å². The Kier molecular flexibility index (Phi) is 14.9. The van der Waals surface area contributed by atoms with Gasteiger partial charge in [0.25, 0.3) is 5.91 Å². The lowest BCUT2D eigenvalue weighted by atomic mass is 9.87. The number of methoxy groups -OCH3 is 2. The predicted molar refractivity (Wildman–Crippen MR) is 196 cm³/mol. The average Bonchev–Trinajstić information content (AvgIpc) is 3.74. The van der Waals surface area contributed by atoms with Crippen LogP contribution in [0.3, 0.4) is 0 Å². The van der Waals surface area contributed by atoms with Crippen LogP contribution >= 0.6 is 0 Å². The van der Waals surface area contributed by atoms with Gasteiger partial charge in [-0.2, -0.15) is 0 Å². The van der Waals surface area contributed by atoms with Crippen molar-refractivity contribution in [3.63, 3.8) is 0 Å². The zero-order valence-electron chi connectivity index (χ0n) is 31.6. The number of aryl methyl sites for hydroxylation is 1. The van der Waals surface area contributed by atoms with Crippen molar-refractivity contribution in [2.75, 3.05) is 27.4 Å². The van der Waals surface area contributed by atoms with E-state index in [1.807, 2.05) is 6.07 Å². The molecular weight excluding hydrogens is 699 g/mol. The lowest BCUT2D eigenvalue weighted by molar-refractivity contribution is -0.137. The number of hydrogen-bond donors (Lipinski definition) is 2. The van der Waals surface area contributed by atoms with Crippen LogP contribution in [0.4, 0.5) is 4.39 Å². The number of benzene rings is 2. The molecule has 2 aromatic carbocycles. The minimum Gasteiger partial charge on any atom is -0.497 e. The molecule has 1 aliphatic rings. The molecule has 13 nitrogen and oxygen atoms in total. The van der Waals surface area contributed by atoms with Crippen LogP contribution in [0, 0.1) is 30.5 Å². The van der Waals surface area contributed by atoms with Crippen molar-refractivity contribution >= 4 is 29.5 Å². The maximum atomic E-state index is 14.1. The molecule has 1 saturated heterocycles. The van der Waals surface area contributed by atoms with Crippen LogP contribution in [0.1, 0.15) is 67.4 Å². The van der Waals surface area contributed by atoms with E-state index in [1.54, 1.807) is 58.9 Å². The number of rotatable bonds is 19. The van der Waals surface area contributed by atoms with Gasteiger partial charge in [0.15, 0.2) is 11.5 Å². The molecule has 1 aliphatic heterocycles. The van der Waals surface area contributed by atoms with Crippen LogP contribution in [0.15, 0.2) is 65.2 Å². The predicted octanol–water partition coefficient (Wildman–Crippen LogP) is 4.75. The molecule has 1 aromatic heterocycles. The van der Waals surface area contributed by atoms with Crippen LogP contribution < -0.4 is 20.1 Å². The molecule has 54 heavy (non-hydrogen) atoms. The Labute approximate surface area is 314 Å².